The molecule has 5 aliphatic rings. The van der Waals surface area contributed by atoms with Crippen molar-refractivity contribution in [1.82, 2.24) is 24.5 Å². The molecule has 4 heterocycles. The fourth-order valence-corrected chi connectivity index (χ4v) is 11.7. The zero-order chi connectivity index (χ0) is 33.5. The molecule has 4 fully saturated rings. The first-order valence-electron chi connectivity index (χ1n) is 17.4. The molecule has 0 bridgehead atoms. The number of carbonyl (C=O) groups is 1. The molecule has 1 saturated carbocycles. The van der Waals surface area contributed by atoms with Crippen LogP contribution in [-0.2, 0) is 43.7 Å². The Morgan fingerprint density at radius 2 is 1.91 bits per heavy atom. The molecular formula is C33H52ClN5O6S2. The number of rotatable bonds is 9. The highest BCUT2D eigenvalue weighted by atomic mass is 35.5. The van der Waals surface area contributed by atoms with Gasteiger partial charge in [0.2, 0.25) is 15.9 Å². The largest absolute Gasteiger partial charge is 0.381 e. The zero-order valence-corrected chi connectivity index (χ0v) is 30.5. The van der Waals surface area contributed by atoms with Crippen LogP contribution in [0, 0.1) is 24.7 Å². The summed E-state index contributed by atoms with van der Waals surface area (Å²) in [7, 11) is -1.83. The molecule has 2 aliphatic carbocycles. The number of amides is 1. The van der Waals surface area contributed by atoms with Crippen LogP contribution in [0.25, 0.3) is 0 Å². The number of alkyl halides is 1. The van der Waals surface area contributed by atoms with E-state index < -0.39 is 21.8 Å². The summed E-state index contributed by atoms with van der Waals surface area (Å²) in [5.41, 5.74) is 1.90. The third kappa shape index (κ3) is 8.07. The molecule has 9 atom stereocenters. The molecule has 1 aromatic heterocycles. The lowest BCUT2D eigenvalue weighted by atomic mass is 9.70. The summed E-state index contributed by atoms with van der Waals surface area (Å²) in [6, 6.07) is 0.447. The third-order valence-corrected chi connectivity index (χ3v) is 13.9. The van der Waals surface area contributed by atoms with E-state index in [0.717, 1.165) is 94.2 Å². The zero-order valence-electron chi connectivity index (χ0n) is 28.2. The molecule has 8 unspecified atom stereocenters. The predicted molar refractivity (Wildman–Crippen MR) is 185 cm³/mol. The van der Waals surface area contributed by atoms with Gasteiger partial charge in [0.25, 0.3) is 5.56 Å². The van der Waals surface area contributed by atoms with E-state index in [1.165, 1.54) is 0 Å². The second-order valence-corrected chi connectivity index (χ2v) is 18.1. The molecule has 2 N–H and O–H groups in total. The Balaban J connectivity index is 1.12. The molecule has 47 heavy (non-hydrogen) atoms. The van der Waals surface area contributed by atoms with Gasteiger partial charge in [0.1, 0.15) is 5.82 Å². The quantitative estimate of drug-likeness (QED) is 0.368. The van der Waals surface area contributed by atoms with E-state index in [0.29, 0.717) is 31.1 Å². The van der Waals surface area contributed by atoms with Crippen LogP contribution >= 0.6 is 23.4 Å². The highest BCUT2D eigenvalue weighted by Gasteiger charge is 2.52. The summed E-state index contributed by atoms with van der Waals surface area (Å²) >= 11 is 8.54. The number of nitrogens with zero attached hydrogens (tertiary/aromatic N) is 3. The van der Waals surface area contributed by atoms with Crippen LogP contribution in [-0.4, -0.2) is 109 Å². The maximum absolute atomic E-state index is 13.9. The Kier molecular flexibility index (Phi) is 11.3. The Labute approximate surface area is 288 Å². The SMILES string of the molecule is COC1CCN([C@@H]2CCc3nc(C)n(CCOC4CCC(Cl)CC4C4CC(C)NC5C(C(=O)NS(C)(=O)=O)CSC45)c(=O)c3C2)CC1. The molecule has 3 saturated heterocycles. The maximum atomic E-state index is 13.9. The minimum atomic E-state index is -3.63. The van der Waals surface area contributed by atoms with Crippen LogP contribution in [0.3, 0.4) is 0 Å². The van der Waals surface area contributed by atoms with Gasteiger partial charge in [0, 0.05) is 60.3 Å². The number of ether oxygens (including phenoxy) is 2. The lowest BCUT2D eigenvalue weighted by molar-refractivity contribution is -0.123. The monoisotopic (exact) mass is 713 g/mol. The number of sulfonamides is 1. The number of hydrogen-bond acceptors (Lipinski definition) is 10. The Hall–Kier alpha value is -1.22. The van der Waals surface area contributed by atoms with Crippen molar-refractivity contribution in [3.8, 4) is 0 Å². The number of hydrogen-bond donors (Lipinski definition) is 2. The van der Waals surface area contributed by atoms with Gasteiger partial charge < -0.3 is 14.8 Å². The molecule has 264 valence electrons. The highest BCUT2D eigenvalue weighted by Crippen LogP contribution is 2.48. The van der Waals surface area contributed by atoms with Gasteiger partial charge in [-0.05, 0) is 83.5 Å². The molecule has 6 rings (SSSR count). The highest BCUT2D eigenvalue weighted by molar-refractivity contribution is 8.00. The number of likely N-dealkylation sites (tertiary alicyclic amines) is 1. The van der Waals surface area contributed by atoms with Crippen LogP contribution in [0.4, 0.5) is 0 Å². The van der Waals surface area contributed by atoms with Gasteiger partial charge in [-0.3, -0.25) is 23.8 Å². The van der Waals surface area contributed by atoms with E-state index in [-0.39, 0.29) is 46.2 Å². The number of piperidine rings is 2. The van der Waals surface area contributed by atoms with Gasteiger partial charge in [-0.15, -0.1) is 11.6 Å². The van der Waals surface area contributed by atoms with Crippen LogP contribution in [0.5, 0.6) is 0 Å². The van der Waals surface area contributed by atoms with Crippen molar-refractivity contribution >= 4 is 39.3 Å². The molecule has 1 amide bonds. The summed E-state index contributed by atoms with van der Waals surface area (Å²) in [6.45, 7) is 6.96. The van der Waals surface area contributed by atoms with Crippen molar-refractivity contribution in [3.05, 3.63) is 27.4 Å². The number of carbonyl (C=O) groups excluding carboxylic acids is 1. The molecular weight excluding hydrogens is 662 g/mol. The predicted octanol–water partition coefficient (Wildman–Crippen LogP) is 2.49. The number of halogens is 1. The Bertz CT molecular complexity index is 1450. The van der Waals surface area contributed by atoms with Crippen molar-refractivity contribution < 1.29 is 22.7 Å². The minimum absolute atomic E-state index is 0.00597. The topological polar surface area (TPSA) is 132 Å². The fraction of sp³-hybridized carbons (Fsp3) is 0.848. The molecule has 0 radical (unpaired) electrons. The molecule has 3 aliphatic heterocycles. The van der Waals surface area contributed by atoms with E-state index >= 15 is 0 Å². The average Bonchev–Trinajstić information content (AvgIpc) is 3.46. The Morgan fingerprint density at radius 3 is 2.64 bits per heavy atom. The first-order valence-corrected chi connectivity index (χ1v) is 20.8. The van der Waals surface area contributed by atoms with E-state index in [1.807, 2.05) is 6.92 Å². The van der Waals surface area contributed by atoms with Gasteiger partial charge in [0.15, 0.2) is 0 Å². The summed E-state index contributed by atoms with van der Waals surface area (Å²) in [5.74, 6) is 0.979. The molecule has 0 aromatic carbocycles. The summed E-state index contributed by atoms with van der Waals surface area (Å²) in [5, 5.41) is 3.86. The number of fused-ring (bicyclic) bond motifs is 2. The van der Waals surface area contributed by atoms with Gasteiger partial charge in [-0.1, -0.05) is 0 Å². The van der Waals surface area contributed by atoms with Gasteiger partial charge in [-0.2, -0.15) is 11.8 Å². The lowest BCUT2D eigenvalue weighted by Gasteiger charge is -2.47. The first-order chi connectivity index (χ1) is 22.4. The number of aromatic nitrogens is 2. The number of methoxy groups -OCH3 is 1. The third-order valence-electron chi connectivity index (χ3n) is 11.4. The van der Waals surface area contributed by atoms with Crippen molar-refractivity contribution in [2.45, 2.75) is 119 Å². The summed E-state index contributed by atoms with van der Waals surface area (Å²) < 4.78 is 39.9. The smallest absolute Gasteiger partial charge is 0.257 e. The van der Waals surface area contributed by atoms with E-state index in [1.54, 1.807) is 23.4 Å². The second-order valence-electron chi connectivity index (χ2n) is 14.5. The molecule has 0 spiro atoms. The summed E-state index contributed by atoms with van der Waals surface area (Å²) in [4.78, 5) is 34.2. The standard InChI is InChI=1S/C33H52ClN5O6S2/c1-19-15-25(31-30(35-19)27(18-46-31)32(40)37-47(4,42)43)24-16-21(34)5-8-29(24)45-14-13-39-20(2)36-28-7-6-22(17-26(28)33(39)41)38-11-9-23(44-3)10-12-38/h19,21-25,27,29-31,35H,5-18H2,1-4H3,(H,37,40)/t19?,21?,22-,24?,25?,27?,29?,30?,31?/m1/s1. The van der Waals surface area contributed by atoms with Crippen LogP contribution in [0.1, 0.15) is 69.0 Å². The van der Waals surface area contributed by atoms with Gasteiger partial charge >= 0.3 is 0 Å². The van der Waals surface area contributed by atoms with Crippen LogP contribution in [0.2, 0.25) is 0 Å². The molecule has 14 heteroatoms. The maximum Gasteiger partial charge on any atom is 0.257 e. The average molecular weight is 714 g/mol. The van der Waals surface area contributed by atoms with Crippen molar-refractivity contribution in [2.24, 2.45) is 17.8 Å². The number of nitrogens with one attached hydrogen (secondary N) is 2. The Morgan fingerprint density at radius 1 is 1.15 bits per heavy atom. The normalized spacial score (nSPS) is 35.3. The van der Waals surface area contributed by atoms with Crippen molar-refractivity contribution in [2.75, 3.05) is 38.8 Å². The van der Waals surface area contributed by atoms with E-state index in [9.17, 15) is 18.0 Å². The number of thioether (sulfide) groups is 1. The summed E-state index contributed by atoms with van der Waals surface area (Å²) in [6.07, 6.45) is 9.59. The van der Waals surface area contributed by atoms with Crippen molar-refractivity contribution in [3.63, 3.8) is 0 Å². The van der Waals surface area contributed by atoms with Gasteiger partial charge in [0.05, 0.1) is 43.2 Å². The first kappa shape index (κ1) is 35.6. The van der Waals surface area contributed by atoms with Crippen LogP contribution in [0.15, 0.2) is 4.79 Å². The van der Waals surface area contributed by atoms with Gasteiger partial charge in [-0.25, -0.2) is 13.4 Å². The second kappa shape index (κ2) is 14.9. The molecule has 1 aromatic rings. The fourth-order valence-electron chi connectivity index (χ4n) is 9.04. The van der Waals surface area contributed by atoms with Crippen molar-refractivity contribution in [1.29, 1.82) is 0 Å². The van der Waals surface area contributed by atoms with E-state index in [2.05, 4.69) is 21.9 Å². The van der Waals surface area contributed by atoms with Crippen LogP contribution < -0.4 is 15.6 Å². The number of aryl methyl sites for hydroxylation is 2. The van der Waals surface area contributed by atoms with E-state index in [4.69, 9.17) is 26.1 Å². The lowest BCUT2D eigenvalue weighted by Crippen LogP contribution is -2.58. The molecule has 11 nitrogen and oxygen atoms in total. The minimum Gasteiger partial charge on any atom is -0.381 e.